The zero-order chi connectivity index (χ0) is 11.4. The summed E-state index contributed by atoms with van der Waals surface area (Å²) in [6, 6.07) is 0.228. The van der Waals surface area contributed by atoms with E-state index < -0.39 is 5.97 Å². The van der Waals surface area contributed by atoms with E-state index in [-0.39, 0.29) is 17.5 Å². The van der Waals surface area contributed by atoms with Crippen LogP contribution < -0.4 is 4.74 Å². The Balaban J connectivity index is 3.15. The van der Waals surface area contributed by atoms with Crippen molar-refractivity contribution in [3.05, 3.63) is 17.5 Å². The van der Waals surface area contributed by atoms with Crippen molar-refractivity contribution in [2.24, 2.45) is 0 Å². The number of aromatic nitrogens is 2. The molecule has 0 saturated heterocycles. The fourth-order valence-corrected chi connectivity index (χ4v) is 1.18. The second-order valence-corrected chi connectivity index (χ2v) is 3.34. The van der Waals surface area contributed by atoms with E-state index >= 15 is 0 Å². The number of carboxylic acid groups (broad SMARTS) is 1. The molecule has 1 aromatic rings. The van der Waals surface area contributed by atoms with E-state index in [0.29, 0.717) is 12.3 Å². The van der Waals surface area contributed by atoms with E-state index in [1.54, 1.807) is 0 Å². The molecule has 15 heavy (non-hydrogen) atoms. The maximum atomic E-state index is 10.9. The van der Waals surface area contributed by atoms with Crippen molar-refractivity contribution in [1.29, 1.82) is 0 Å². The molecule has 0 fully saturated rings. The molecule has 0 unspecified atom stereocenters. The molecule has 0 radical (unpaired) electrons. The Labute approximate surface area is 88.1 Å². The van der Waals surface area contributed by atoms with Crippen LogP contribution >= 0.6 is 0 Å². The molecule has 0 saturated carbocycles. The van der Waals surface area contributed by atoms with Gasteiger partial charge in [-0.05, 0) is 12.8 Å². The highest BCUT2D eigenvalue weighted by atomic mass is 16.5. The molecular formula is C10H14N2O3. The highest BCUT2D eigenvalue weighted by Gasteiger charge is 2.16. The van der Waals surface area contributed by atoms with Gasteiger partial charge in [0.15, 0.2) is 0 Å². The highest BCUT2D eigenvalue weighted by Crippen LogP contribution is 2.18. The van der Waals surface area contributed by atoms with Gasteiger partial charge in [0.2, 0.25) is 0 Å². The summed E-state index contributed by atoms with van der Waals surface area (Å²) >= 11 is 0. The molecule has 5 heteroatoms. The lowest BCUT2D eigenvalue weighted by atomic mass is 10.1. The molecular weight excluding hydrogens is 196 g/mol. The molecule has 82 valence electrons. The number of rotatable bonds is 4. The Morgan fingerprint density at radius 3 is 2.73 bits per heavy atom. The van der Waals surface area contributed by atoms with Crippen LogP contribution in [0.5, 0.6) is 6.01 Å². The van der Waals surface area contributed by atoms with Crippen LogP contribution in [-0.4, -0.2) is 27.7 Å². The van der Waals surface area contributed by atoms with E-state index in [9.17, 15) is 4.79 Å². The van der Waals surface area contributed by atoms with Crippen molar-refractivity contribution in [2.45, 2.75) is 26.7 Å². The first-order valence-corrected chi connectivity index (χ1v) is 4.79. The smallest absolute Gasteiger partial charge is 0.339 e. The minimum absolute atomic E-state index is 0.0262. The van der Waals surface area contributed by atoms with E-state index in [2.05, 4.69) is 9.97 Å². The van der Waals surface area contributed by atoms with Gasteiger partial charge < -0.3 is 9.84 Å². The topological polar surface area (TPSA) is 72.3 Å². The first-order valence-electron chi connectivity index (χ1n) is 4.79. The normalized spacial score (nSPS) is 10.4. The minimum Gasteiger partial charge on any atom is -0.478 e. The first-order chi connectivity index (χ1) is 7.06. The quantitative estimate of drug-likeness (QED) is 0.818. The summed E-state index contributed by atoms with van der Waals surface area (Å²) in [6.07, 6.45) is 1.29. The van der Waals surface area contributed by atoms with Crippen molar-refractivity contribution < 1.29 is 14.6 Å². The van der Waals surface area contributed by atoms with Crippen molar-refractivity contribution in [3.8, 4) is 6.01 Å². The molecule has 0 aliphatic carbocycles. The maximum Gasteiger partial charge on any atom is 0.339 e. The highest BCUT2D eigenvalue weighted by molar-refractivity contribution is 5.88. The van der Waals surface area contributed by atoms with Crippen LogP contribution in [0, 0.1) is 0 Å². The summed E-state index contributed by atoms with van der Waals surface area (Å²) in [5, 5.41) is 8.91. The SMILES string of the molecule is CCOc1ncc(C(=O)O)c(C(C)C)n1. The van der Waals surface area contributed by atoms with Gasteiger partial charge in [-0.25, -0.2) is 9.78 Å². The average Bonchev–Trinajstić information content (AvgIpc) is 2.17. The standard InChI is InChI=1S/C10H14N2O3/c1-4-15-10-11-5-7(9(13)14)8(12-10)6(2)3/h5-6H,4H2,1-3H3,(H,13,14). The number of ether oxygens (including phenoxy) is 1. The second-order valence-electron chi connectivity index (χ2n) is 3.34. The average molecular weight is 210 g/mol. The van der Waals surface area contributed by atoms with Crippen molar-refractivity contribution in [1.82, 2.24) is 9.97 Å². The third kappa shape index (κ3) is 2.65. The summed E-state index contributed by atoms with van der Waals surface area (Å²) < 4.78 is 5.12. The molecule has 0 atom stereocenters. The zero-order valence-electron chi connectivity index (χ0n) is 9.02. The summed E-state index contributed by atoms with van der Waals surface area (Å²) in [4.78, 5) is 18.8. The Kier molecular flexibility index (Phi) is 3.60. The molecule has 0 aromatic carbocycles. The molecule has 1 rings (SSSR count). The molecule has 0 aliphatic rings. The van der Waals surface area contributed by atoms with Gasteiger partial charge in [-0.15, -0.1) is 0 Å². The Morgan fingerprint density at radius 1 is 1.60 bits per heavy atom. The van der Waals surface area contributed by atoms with Crippen LogP contribution in [0.1, 0.15) is 42.7 Å². The molecule has 0 spiro atoms. The lowest BCUT2D eigenvalue weighted by Gasteiger charge is -2.09. The summed E-state index contributed by atoms with van der Waals surface area (Å²) in [6.45, 7) is 6.04. The predicted octanol–water partition coefficient (Wildman–Crippen LogP) is 1.70. The second kappa shape index (κ2) is 4.72. The third-order valence-electron chi connectivity index (χ3n) is 1.85. The summed E-state index contributed by atoms with van der Waals surface area (Å²) in [5.41, 5.74) is 0.634. The number of aromatic carboxylic acids is 1. The zero-order valence-corrected chi connectivity index (χ0v) is 9.02. The van der Waals surface area contributed by atoms with Gasteiger partial charge in [0.25, 0.3) is 0 Å². The molecule has 1 N–H and O–H groups in total. The van der Waals surface area contributed by atoms with Crippen LogP contribution in [0.25, 0.3) is 0 Å². The maximum absolute atomic E-state index is 10.9. The van der Waals surface area contributed by atoms with Gasteiger partial charge in [0.1, 0.15) is 0 Å². The summed E-state index contributed by atoms with van der Waals surface area (Å²) in [5.74, 6) is -0.986. The minimum atomic E-state index is -1.01. The van der Waals surface area contributed by atoms with Gasteiger partial charge in [-0.1, -0.05) is 13.8 Å². The number of nitrogens with zero attached hydrogens (tertiary/aromatic N) is 2. The Bertz CT molecular complexity index is 364. The van der Waals surface area contributed by atoms with E-state index in [1.165, 1.54) is 6.20 Å². The van der Waals surface area contributed by atoms with Gasteiger partial charge >= 0.3 is 12.0 Å². The van der Waals surface area contributed by atoms with E-state index in [4.69, 9.17) is 9.84 Å². The van der Waals surface area contributed by atoms with Gasteiger partial charge in [0, 0.05) is 6.20 Å². The largest absolute Gasteiger partial charge is 0.478 e. The first kappa shape index (κ1) is 11.4. The van der Waals surface area contributed by atoms with Crippen LogP contribution in [0.15, 0.2) is 6.20 Å². The third-order valence-corrected chi connectivity index (χ3v) is 1.85. The number of carboxylic acids is 1. The van der Waals surface area contributed by atoms with E-state index in [0.717, 1.165) is 0 Å². The summed E-state index contributed by atoms with van der Waals surface area (Å²) in [7, 11) is 0. The molecule has 0 bridgehead atoms. The van der Waals surface area contributed by atoms with Gasteiger partial charge in [-0.3, -0.25) is 0 Å². The Hall–Kier alpha value is -1.65. The predicted molar refractivity (Wildman–Crippen MR) is 54.2 cm³/mol. The van der Waals surface area contributed by atoms with Crippen LogP contribution in [0.2, 0.25) is 0 Å². The Morgan fingerprint density at radius 2 is 2.27 bits per heavy atom. The van der Waals surface area contributed by atoms with Gasteiger partial charge in [-0.2, -0.15) is 4.98 Å². The molecule has 0 amide bonds. The fraction of sp³-hybridized carbons (Fsp3) is 0.500. The fourth-order valence-electron chi connectivity index (χ4n) is 1.18. The van der Waals surface area contributed by atoms with Crippen LogP contribution in [0.3, 0.4) is 0 Å². The van der Waals surface area contributed by atoms with Crippen molar-refractivity contribution in [3.63, 3.8) is 0 Å². The lowest BCUT2D eigenvalue weighted by Crippen LogP contribution is -2.09. The molecule has 1 heterocycles. The number of hydrogen-bond donors (Lipinski definition) is 1. The van der Waals surface area contributed by atoms with Crippen molar-refractivity contribution in [2.75, 3.05) is 6.61 Å². The van der Waals surface area contributed by atoms with Gasteiger partial charge in [0.05, 0.1) is 17.9 Å². The molecule has 1 aromatic heterocycles. The molecule has 0 aliphatic heterocycles. The number of carbonyl (C=O) groups is 1. The molecule has 5 nitrogen and oxygen atoms in total. The van der Waals surface area contributed by atoms with Crippen molar-refractivity contribution >= 4 is 5.97 Å². The number of hydrogen-bond acceptors (Lipinski definition) is 4. The lowest BCUT2D eigenvalue weighted by molar-refractivity contribution is 0.0694. The monoisotopic (exact) mass is 210 g/mol. The van der Waals surface area contributed by atoms with Crippen LogP contribution in [-0.2, 0) is 0 Å². The van der Waals surface area contributed by atoms with E-state index in [1.807, 2.05) is 20.8 Å². The van der Waals surface area contributed by atoms with Crippen LogP contribution in [0.4, 0.5) is 0 Å².